The van der Waals surface area contributed by atoms with Crippen molar-refractivity contribution in [1.82, 2.24) is 19.1 Å². The number of hydrogen-bond donors (Lipinski definition) is 1. The number of benzene rings is 2. The highest BCUT2D eigenvalue weighted by atomic mass is 32.2. The summed E-state index contributed by atoms with van der Waals surface area (Å²) in [4.78, 5) is 21.7. The van der Waals surface area contributed by atoms with E-state index in [-0.39, 0.29) is 28.2 Å². The van der Waals surface area contributed by atoms with Crippen LogP contribution in [0.3, 0.4) is 0 Å². The van der Waals surface area contributed by atoms with Crippen molar-refractivity contribution in [2.24, 2.45) is 0 Å². The van der Waals surface area contributed by atoms with E-state index in [1.165, 1.54) is 40.8 Å². The van der Waals surface area contributed by atoms with Gasteiger partial charge in [0.05, 0.1) is 11.3 Å². The molecule has 0 bridgehead atoms. The highest BCUT2D eigenvalue weighted by Crippen LogP contribution is 2.32. The third-order valence-corrected chi connectivity index (χ3v) is 9.55. The Morgan fingerprint density at radius 2 is 1.55 bits per heavy atom. The number of carbonyl (C=O) groups excluding carboxylic acids is 1. The normalized spacial score (nSPS) is 17.6. The highest BCUT2D eigenvalue weighted by molar-refractivity contribution is 7.89. The van der Waals surface area contributed by atoms with Crippen LogP contribution in [0.2, 0.25) is 0 Å². The monoisotopic (exact) mass is 569 g/mol. The molecule has 1 amide bonds. The quantitative estimate of drug-likeness (QED) is 0.475. The van der Waals surface area contributed by atoms with Crippen molar-refractivity contribution in [1.29, 1.82) is 0 Å². The molecule has 11 heteroatoms. The van der Waals surface area contributed by atoms with Gasteiger partial charge in [-0.3, -0.25) is 4.79 Å². The molecule has 0 unspecified atom stereocenters. The Morgan fingerprint density at radius 3 is 2.20 bits per heavy atom. The van der Waals surface area contributed by atoms with Gasteiger partial charge in [0, 0.05) is 57.2 Å². The molecule has 1 N–H and O–H groups in total. The standard InChI is InChI=1S/C29H33F2N5O3S/c1-20-17-24(31)7-8-26(20)33-27-18-28(40(38,39)36-15-13-34(2)14-16-36)32-19-25(27)29(37)35-11-9-22(10-12-35)21-3-5-23(30)6-4-21/h3-8,17-19,22H,9-16H2,1-2H3,(H,32,33). The summed E-state index contributed by atoms with van der Waals surface area (Å²) in [5, 5.41) is 3.02. The number of piperidine rings is 1. The lowest BCUT2D eigenvalue weighted by molar-refractivity contribution is 0.0713. The Hall–Kier alpha value is -3.41. The van der Waals surface area contributed by atoms with Gasteiger partial charge in [0.2, 0.25) is 0 Å². The van der Waals surface area contributed by atoms with E-state index >= 15 is 0 Å². The average Bonchev–Trinajstić information content (AvgIpc) is 2.95. The van der Waals surface area contributed by atoms with Crippen LogP contribution >= 0.6 is 0 Å². The zero-order valence-electron chi connectivity index (χ0n) is 22.6. The number of nitrogens with zero attached hydrogens (tertiary/aromatic N) is 4. The molecular weight excluding hydrogens is 536 g/mol. The van der Waals surface area contributed by atoms with Gasteiger partial charge in [0.25, 0.3) is 15.9 Å². The second-order valence-corrected chi connectivity index (χ2v) is 12.4. The fraction of sp³-hybridized carbons (Fsp3) is 0.379. The lowest BCUT2D eigenvalue weighted by atomic mass is 9.89. The molecule has 1 aromatic heterocycles. The Labute approximate surface area is 233 Å². The first-order valence-electron chi connectivity index (χ1n) is 13.4. The number of anilines is 2. The molecule has 2 saturated heterocycles. The van der Waals surface area contributed by atoms with Crippen molar-refractivity contribution < 1.29 is 22.0 Å². The Morgan fingerprint density at radius 1 is 0.900 bits per heavy atom. The summed E-state index contributed by atoms with van der Waals surface area (Å²) in [6, 6.07) is 12.1. The third-order valence-electron chi connectivity index (χ3n) is 7.76. The first-order valence-corrected chi connectivity index (χ1v) is 14.8. The van der Waals surface area contributed by atoms with Crippen LogP contribution in [0, 0.1) is 18.6 Å². The van der Waals surface area contributed by atoms with Crippen LogP contribution in [0.4, 0.5) is 20.2 Å². The molecule has 212 valence electrons. The minimum atomic E-state index is -3.88. The number of nitrogens with one attached hydrogen (secondary N) is 1. The van der Waals surface area contributed by atoms with Gasteiger partial charge in [0.15, 0.2) is 5.03 Å². The van der Waals surface area contributed by atoms with Gasteiger partial charge in [-0.25, -0.2) is 22.2 Å². The first kappa shape index (κ1) is 28.1. The largest absolute Gasteiger partial charge is 0.355 e. The van der Waals surface area contributed by atoms with Crippen molar-refractivity contribution in [2.75, 3.05) is 51.6 Å². The first-order chi connectivity index (χ1) is 19.1. The van der Waals surface area contributed by atoms with Gasteiger partial charge < -0.3 is 15.1 Å². The number of rotatable bonds is 6. The number of carbonyl (C=O) groups is 1. The van der Waals surface area contributed by atoms with E-state index in [1.807, 2.05) is 7.05 Å². The van der Waals surface area contributed by atoms with Gasteiger partial charge in [-0.05, 0) is 74.2 Å². The Bertz CT molecular complexity index is 1480. The van der Waals surface area contributed by atoms with Crippen molar-refractivity contribution in [2.45, 2.75) is 30.7 Å². The number of likely N-dealkylation sites (N-methyl/N-ethyl adjacent to an activating group) is 1. The number of hydrogen-bond acceptors (Lipinski definition) is 6. The van der Waals surface area contributed by atoms with Gasteiger partial charge in [-0.2, -0.15) is 4.31 Å². The van der Waals surface area contributed by atoms with Crippen molar-refractivity contribution >= 4 is 27.3 Å². The van der Waals surface area contributed by atoms with E-state index in [0.29, 0.717) is 56.2 Å². The van der Waals surface area contributed by atoms with E-state index < -0.39 is 15.8 Å². The van der Waals surface area contributed by atoms with Crippen LogP contribution in [0.1, 0.15) is 40.2 Å². The van der Waals surface area contributed by atoms with E-state index in [2.05, 4.69) is 15.2 Å². The van der Waals surface area contributed by atoms with Gasteiger partial charge >= 0.3 is 0 Å². The average molecular weight is 570 g/mol. The predicted molar refractivity (Wildman–Crippen MR) is 149 cm³/mol. The van der Waals surface area contributed by atoms with Gasteiger partial charge in [0.1, 0.15) is 11.6 Å². The zero-order valence-corrected chi connectivity index (χ0v) is 23.4. The topological polar surface area (TPSA) is 85.9 Å². The number of halogens is 2. The van der Waals surface area contributed by atoms with E-state index in [4.69, 9.17) is 0 Å². The molecule has 0 radical (unpaired) electrons. The summed E-state index contributed by atoms with van der Waals surface area (Å²) >= 11 is 0. The minimum Gasteiger partial charge on any atom is -0.355 e. The van der Waals surface area contributed by atoms with Crippen LogP contribution in [-0.4, -0.2) is 79.7 Å². The second-order valence-electron chi connectivity index (χ2n) is 10.5. The zero-order chi connectivity index (χ0) is 28.4. The Kier molecular flexibility index (Phi) is 8.16. The predicted octanol–water partition coefficient (Wildman–Crippen LogP) is 4.37. The smallest absolute Gasteiger partial charge is 0.260 e. The van der Waals surface area contributed by atoms with E-state index in [0.717, 1.165) is 18.4 Å². The third kappa shape index (κ3) is 6.01. The molecule has 0 atom stereocenters. The summed E-state index contributed by atoms with van der Waals surface area (Å²) in [5.74, 6) is -0.719. The molecule has 5 rings (SSSR count). The van der Waals surface area contributed by atoms with Crippen LogP contribution in [0.5, 0.6) is 0 Å². The molecule has 0 aliphatic carbocycles. The minimum absolute atomic E-state index is 0.147. The summed E-state index contributed by atoms with van der Waals surface area (Å²) in [7, 11) is -1.94. The number of likely N-dealkylation sites (tertiary alicyclic amines) is 1. The van der Waals surface area contributed by atoms with Crippen LogP contribution in [0.25, 0.3) is 0 Å². The maximum absolute atomic E-state index is 13.8. The van der Waals surface area contributed by atoms with E-state index in [9.17, 15) is 22.0 Å². The van der Waals surface area contributed by atoms with Crippen molar-refractivity contribution in [3.05, 3.63) is 83.1 Å². The van der Waals surface area contributed by atoms with Crippen LogP contribution in [-0.2, 0) is 10.0 Å². The maximum Gasteiger partial charge on any atom is 0.260 e. The highest BCUT2D eigenvalue weighted by Gasteiger charge is 2.31. The molecule has 0 spiro atoms. The number of aryl methyl sites for hydroxylation is 1. The number of aromatic nitrogens is 1. The molecule has 2 aromatic carbocycles. The SMILES string of the molecule is Cc1cc(F)ccc1Nc1cc(S(=O)(=O)N2CCN(C)CC2)ncc1C(=O)N1CCC(c2ccc(F)cc2)CC1. The summed E-state index contributed by atoms with van der Waals surface area (Å²) in [6.45, 7) is 4.66. The van der Waals surface area contributed by atoms with Crippen molar-refractivity contribution in [3.63, 3.8) is 0 Å². The summed E-state index contributed by atoms with van der Waals surface area (Å²) in [5.41, 5.74) is 2.74. The molecule has 3 heterocycles. The van der Waals surface area contributed by atoms with Crippen LogP contribution < -0.4 is 5.32 Å². The van der Waals surface area contributed by atoms with Crippen LogP contribution in [0.15, 0.2) is 59.8 Å². The van der Waals surface area contributed by atoms with Gasteiger partial charge in [-0.1, -0.05) is 12.1 Å². The number of amides is 1. The fourth-order valence-electron chi connectivity index (χ4n) is 5.25. The molecule has 40 heavy (non-hydrogen) atoms. The molecule has 8 nitrogen and oxygen atoms in total. The molecule has 0 saturated carbocycles. The summed E-state index contributed by atoms with van der Waals surface area (Å²) in [6.07, 6.45) is 2.76. The molecule has 2 aliphatic heterocycles. The van der Waals surface area contributed by atoms with Gasteiger partial charge in [-0.15, -0.1) is 0 Å². The lowest BCUT2D eigenvalue weighted by Crippen LogP contribution is -2.47. The number of pyridine rings is 1. The van der Waals surface area contributed by atoms with E-state index in [1.54, 1.807) is 30.0 Å². The second kappa shape index (κ2) is 11.6. The van der Waals surface area contributed by atoms with Crippen molar-refractivity contribution in [3.8, 4) is 0 Å². The molecule has 2 aliphatic rings. The summed E-state index contributed by atoms with van der Waals surface area (Å²) < 4.78 is 55.4. The maximum atomic E-state index is 13.8. The molecule has 3 aromatic rings. The number of piperazine rings is 1. The molecule has 2 fully saturated rings. The Balaban J connectivity index is 1.42. The lowest BCUT2D eigenvalue weighted by Gasteiger charge is -2.33. The fourth-order valence-corrected chi connectivity index (χ4v) is 6.61. The number of sulfonamides is 1. The molecular formula is C29H33F2N5O3S.